The summed E-state index contributed by atoms with van der Waals surface area (Å²) in [5.74, 6) is 1.35. The van der Waals surface area contributed by atoms with Crippen LogP contribution in [0.15, 0.2) is 43.1 Å². The van der Waals surface area contributed by atoms with Gasteiger partial charge in [-0.15, -0.1) is 11.3 Å². The number of ether oxygens (including phenoxy) is 2. The van der Waals surface area contributed by atoms with Gasteiger partial charge in [-0.25, -0.2) is 0 Å². The molecule has 1 amide bonds. The van der Waals surface area contributed by atoms with Crippen LogP contribution in [-0.4, -0.2) is 24.1 Å². The SMILES string of the molecule is C=C(OCC)c1ccnc2c(C)c(C(=O)NC3CCOc4ccccc43)sc12. The summed E-state index contributed by atoms with van der Waals surface area (Å²) in [7, 11) is 0. The molecule has 0 radical (unpaired) electrons. The first kappa shape index (κ1) is 18.5. The number of pyridine rings is 1. The highest BCUT2D eigenvalue weighted by Gasteiger charge is 2.26. The molecule has 4 rings (SSSR count). The number of benzene rings is 1. The molecular formula is C22H22N2O3S. The molecule has 3 aromatic rings. The molecule has 1 unspecified atom stereocenters. The number of carbonyl (C=O) groups excluding carboxylic acids is 1. The second-order valence-electron chi connectivity index (χ2n) is 6.65. The lowest BCUT2D eigenvalue weighted by Crippen LogP contribution is -2.32. The smallest absolute Gasteiger partial charge is 0.262 e. The van der Waals surface area contributed by atoms with E-state index in [2.05, 4.69) is 16.9 Å². The van der Waals surface area contributed by atoms with Crippen molar-refractivity contribution in [3.8, 4) is 5.75 Å². The number of hydrogen-bond donors (Lipinski definition) is 1. The van der Waals surface area contributed by atoms with Crippen LogP contribution in [0.5, 0.6) is 5.75 Å². The maximum Gasteiger partial charge on any atom is 0.262 e. The number of hydrogen-bond acceptors (Lipinski definition) is 5. The third kappa shape index (κ3) is 3.24. The molecule has 1 atom stereocenters. The van der Waals surface area contributed by atoms with Crippen molar-refractivity contribution in [1.82, 2.24) is 10.3 Å². The van der Waals surface area contributed by atoms with E-state index in [0.29, 0.717) is 23.9 Å². The van der Waals surface area contributed by atoms with E-state index in [9.17, 15) is 4.79 Å². The van der Waals surface area contributed by atoms with Gasteiger partial charge in [0.1, 0.15) is 11.5 Å². The summed E-state index contributed by atoms with van der Waals surface area (Å²) in [6, 6.07) is 9.67. The molecule has 6 heteroatoms. The van der Waals surface area contributed by atoms with E-state index < -0.39 is 0 Å². The molecular weight excluding hydrogens is 372 g/mol. The number of amides is 1. The van der Waals surface area contributed by atoms with Crippen molar-refractivity contribution in [1.29, 1.82) is 0 Å². The van der Waals surface area contributed by atoms with Gasteiger partial charge in [0, 0.05) is 23.7 Å². The molecule has 0 fully saturated rings. The van der Waals surface area contributed by atoms with Crippen LogP contribution in [0.25, 0.3) is 16.0 Å². The minimum atomic E-state index is -0.0878. The minimum Gasteiger partial charge on any atom is -0.494 e. The van der Waals surface area contributed by atoms with E-state index in [4.69, 9.17) is 9.47 Å². The number of thiophene rings is 1. The molecule has 0 aliphatic carbocycles. The first-order valence-electron chi connectivity index (χ1n) is 9.33. The lowest BCUT2D eigenvalue weighted by atomic mass is 10.0. The second kappa shape index (κ2) is 7.64. The largest absolute Gasteiger partial charge is 0.494 e. The highest BCUT2D eigenvalue weighted by Crippen LogP contribution is 2.36. The quantitative estimate of drug-likeness (QED) is 0.628. The lowest BCUT2D eigenvalue weighted by Gasteiger charge is -2.26. The van der Waals surface area contributed by atoms with E-state index in [1.807, 2.05) is 44.2 Å². The van der Waals surface area contributed by atoms with Gasteiger partial charge in [-0.3, -0.25) is 9.78 Å². The van der Waals surface area contributed by atoms with Crippen molar-refractivity contribution >= 4 is 33.2 Å². The Balaban J connectivity index is 1.66. The topological polar surface area (TPSA) is 60.5 Å². The highest BCUT2D eigenvalue weighted by atomic mass is 32.1. The minimum absolute atomic E-state index is 0.0621. The van der Waals surface area contributed by atoms with Crippen molar-refractivity contribution in [3.63, 3.8) is 0 Å². The molecule has 2 aromatic heterocycles. The maximum absolute atomic E-state index is 13.1. The summed E-state index contributed by atoms with van der Waals surface area (Å²) in [6.45, 7) is 9.01. The Hall–Kier alpha value is -2.86. The Morgan fingerprint density at radius 1 is 1.39 bits per heavy atom. The number of fused-ring (bicyclic) bond motifs is 2. The summed E-state index contributed by atoms with van der Waals surface area (Å²) < 4.78 is 12.2. The van der Waals surface area contributed by atoms with Crippen LogP contribution in [0.3, 0.4) is 0 Å². The van der Waals surface area contributed by atoms with E-state index in [1.54, 1.807) is 6.20 Å². The Kier molecular flexibility index (Phi) is 5.05. The summed E-state index contributed by atoms with van der Waals surface area (Å²) in [5, 5.41) is 3.18. The van der Waals surface area contributed by atoms with Gasteiger partial charge in [0.05, 0.1) is 34.3 Å². The van der Waals surface area contributed by atoms with Crippen molar-refractivity contribution in [3.05, 3.63) is 64.7 Å². The molecule has 1 aromatic carbocycles. The zero-order chi connectivity index (χ0) is 19.7. The van der Waals surface area contributed by atoms with Crippen LogP contribution >= 0.6 is 11.3 Å². The van der Waals surface area contributed by atoms with E-state index >= 15 is 0 Å². The number of aryl methyl sites for hydroxylation is 1. The van der Waals surface area contributed by atoms with Gasteiger partial charge in [-0.2, -0.15) is 0 Å². The van der Waals surface area contributed by atoms with Crippen LogP contribution in [0.2, 0.25) is 0 Å². The molecule has 0 saturated carbocycles. The van der Waals surface area contributed by atoms with Gasteiger partial charge in [-0.1, -0.05) is 24.8 Å². The summed E-state index contributed by atoms with van der Waals surface area (Å²) in [4.78, 5) is 18.3. The van der Waals surface area contributed by atoms with E-state index in [-0.39, 0.29) is 11.9 Å². The number of carbonyl (C=O) groups is 1. The fraction of sp³-hybridized carbons (Fsp3) is 0.273. The average Bonchev–Trinajstić information content (AvgIpc) is 3.05. The molecule has 0 saturated heterocycles. The summed E-state index contributed by atoms with van der Waals surface area (Å²) in [5.41, 5.74) is 3.60. The Labute approximate surface area is 168 Å². The number of para-hydroxylation sites is 1. The third-order valence-electron chi connectivity index (χ3n) is 4.89. The lowest BCUT2D eigenvalue weighted by molar-refractivity contribution is 0.0928. The molecule has 144 valence electrons. The zero-order valence-electron chi connectivity index (χ0n) is 16.0. The van der Waals surface area contributed by atoms with Crippen LogP contribution in [0, 0.1) is 6.92 Å². The zero-order valence-corrected chi connectivity index (χ0v) is 16.8. The van der Waals surface area contributed by atoms with Crippen molar-refractivity contribution in [2.75, 3.05) is 13.2 Å². The standard InChI is InChI=1S/C22H22N2O3S/c1-4-26-14(3)15-9-11-23-19-13(2)20(28-21(15)19)22(25)24-17-10-12-27-18-8-6-5-7-16(17)18/h5-9,11,17H,3-4,10,12H2,1-2H3,(H,24,25). The van der Waals surface area contributed by atoms with Gasteiger partial charge in [-0.05, 0) is 31.5 Å². The molecule has 0 spiro atoms. The number of nitrogens with one attached hydrogen (secondary N) is 1. The summed E-state index contributed by atoms with van der Waals surface area (Å²) in [6.07, 6.45) is 2.48. The normalized spacial score (nSPS) is 15.6. The van der Waals surface area contributed by atoms with Crippen LogP contribution in [0.1, 0.15) is 45.7 Å². The van der Waals surface area contributed by atoms with Crippen molar-refractivity contribution in [2.45, 2.75) is 26.3 Å². The molecule has 28 heavy (non-hydrogen) atoms. The average molecular weight is 394 g/mol. The first-order chi connectivity index (χ1) is 13.6. The number of aromatic nitrogens is 1. The van der Waals surface area contributed by atoms with Crippen LogP contribution in [0.4, 0.5) is 0 Å². The van der Waals surface area contributed by atoms with E-state index in [1.165, 1.54) is 11.3 Å². The predicted octanol–water partition coefficient (Wildman–Crippen LogP) is 4.87. The molecule has 1 aliphatic heterocycles. The molecule has 0 bridgehead atoms. The summed E-state index contributed by atoms with van der Waals surface area (Å²) >= 11 is 1.44. The Morgan fingerprint density at radius 2 is 2.21 bits per heavy atom. The molecule has 1 N–H and O–H groups in total. The number of rotatable bonds is 5. The highest BCUT2D eigenvalue weighted by molar-refractivity contribution is 7.21. The van der Waals surface area contributed by atoms with Gasteiger partial charge in [0.15, 0.2) is 0 Å². The van der Waals surface area contributed by atoms with Gasteiger partial charge in [0.2, 0.25) is 0 Å². The van der Waals surface area contributed by atoms with Gasteiger partial charge >= 0.3 is 0 Å². The Bertz CT molecular complexity index is 1060. The monoisotopic (exact) mass is 394 g/mol. The van der Waals surface area contributed by atoms with Gasteiger partial charge in [0.25, 0.3) is 5.91 Å². The third-order valence-corrected chi connectivity index (χ3v) is 6.21. The van der Waals surface area contributed by atoms with E-state index in [0.717, 1.165) is 39.1 Å². The van der Waals surface area contributed by atoms with Crippen LogP contribution in [-0.2, 0) is 4.74 Å². The van der Waals surface area contributed by atoms with Gasteiger partial charge < -0.3 is 14.8 Å². The fourth-order valence-corrected chi connectivity index (χ4v) is 4.71. The number of nitrogens with zero attached hydrogens (tertiary/aromatic N) is 1. The predicted molar refractivity (Wildman–Crippen MR) is 112 cm³/mol. The van der Waals surface area contributed by atoms with Crippen molar-refractivity contribution in [2.24, 2.45) is 0 Å². The van der Waals surface area contributed by atoms with Crippen LogP contribution < -0.4 is 10.1 Å². The Morgan fingerprint density at radius 3 is 3.04 bits per heavy atom. The molecule has 1 aliphatic rings. The fourth-order valence-electron chi connectivity index (χ4n) is 3.51. The second-order valence-corrected chi connectivity index (χ2v) is 7.67. The maximum atomic E-state index is 13.1. The first-order valence-corrected chi connectivity index (χ1v) is 10.1. The molecule has 3 heterocycles. The molecule has 5 nitrogen and oxygen atoms in total. The van der Waals surface area contributed by atoms with Crippen molar-refractivity contribution < 1.29 is 14.3 Å².